The van der Waals surface area contributed by atoms with Crippen molar-refractivity contribution in [1.82, 2.24) is 4.90 Å². The van der Waals surface area contributed by atoms with Crippen LogP contribution in [0.3, 0.4) is 0 Å². The van der Waals surface area contributed by atoms with Crippen LogP contribution in [0.1, 0.15) is 44.4 Å². The van der Waals surface area contributed by atoms with Crippen molar-refractivity contribution in [2.75, 3.05) is 0 Å². The van der Waals surface area contributed by atoms with Crippen molar-refractivity contribution < 1.29 is 9.53 Å². The zero-order valence-corrected chi connectivity index (χ0v) is 18.5. The third kappa shape index (κ3) is 5.51. The third-order valence-electron chi connectivity index (χ3n) is 4.43. The average molecular weight is 409 g/mol. The molecule has 2 aromatic carbocycles. The van der Waals surface area contributed by atoms with Crippen molar-refractivity contribution in [3.8, 4) is 5.75 Å². The summed E-state index contributed by atoms with van der Waals surface area (Å²) in [5.41, 5.74) is 3.35. The predicted molar refractivity (Wildman–Crippen MR) is 122 cm³/mol. The van der Waals surface area contributed by atoms with E-state index < -0.39 is 0 Å². The molecule has 1 amide bonds. The lowest BCUT2D eigenvalue weighted by Gasteiger charge is -2.20. The minimum absolute atomic E-state index is 0.0177. The quantitative estimate of drug-likeness (QED) is 0.579. The highest BCUT2D eigenvalue weighted by Crippen LogP contribution is 2.34. The molecule has 2 aromatic rings. The molecule has 0 aliphatic carbocycles. The summed E-state index contributed by atoms with van der Waals surface area (Å²) in [6.45, 7) is 10.7. The van der Waals surface area contributed by atoms with Crippen LogP contribution in [0.5, 0.6) is 5.75 Å². The maximum absolute atomic E-state index is 12.8. The summed E-state index contributed by atoms with van der Waals surface area (Å²) in [5, 5.41) is 0.782. The predicted octanol–water partition coefficient (Wildman–Crippen LogP) is 5.66. The number of ether oxygens (including phenoxy) is 1. The third-order valence-corrected chi connectivity index (χ3v) is 5.42. The van der Waals surface area contributed by atoms with Gasteiger partial charge in [-0.15, -0.1) is 0 Å². The van der Waals surface area contributed by atoms with Crippen molar-refractivity contribution in [3.05, 3.63) is 70.1 Å². The van der Waals surface area contributed by atoms with Crippen molar-refractivity contribution in [1.29, 1.82) is 0 Å². The molecule has 1 heterocycles. The van der Waals surface area contributed by atoms with Crippen LogP contribution in [0.25, 0.3) is 6.08 Å². The summed E-state index contributed by atoms with van der Waals surface area (Å²) in [5.74, 6) is 0.827. The van der Waals surface area contributed by atoms with E-state index in [1.165, 1.54) is 17.3 Å². The molecule has 29 heavy (non-hydrogen) atoms. The summed E-state index contributed by atoms with van der Waals surface area (Å²) < 4.78 is 5.87. The monoisotopic (exact) mass is 408 g/mol. The number of hydrogen-bond donors (Lipinski definition) is 0. The van der Waals surface area contributed by atoms with Gasteiger partial charge in [-0.2, -0.15) is 0 Å². The number of aliphatic imine (C=N–C) groups is 1. The maximum Gasteiger partial charge on any atom is 0.266 e. The molecule has 3 rings (SSSR count). The molecule has 0 bridgehead atoms. The van der Waals surface area contributed by atoms with Gasteiger partial charge in [-0.1, -0.05) is 42.0 Å². The number of aryl methyl sites for hydroxylation is 1. The molecule has 0 unspecified atom stereocenters. The van der Waals surface area contributed by atoms with Gasteiger partial charge in [0.2, 0.25) is 0 Å². The highest BCUT2D eigenvalue weighted by molar-refractivity contribution is 8.18. The smallest absolute Gasteiger partial charge is 0.266 e. The molecule has 1 aliphatic rings. The Morgan fingerprint density at radius 2 is 1.69 bits per heavy atom. The van der Waals surface area contributed by atoms with E-state index in [0.717, 1.165) is 22.0 Å². The highest BCUT2D eigenvalue weighted by Gasteiger charge is 2.35. The molecular weight excluding hydrogens is 380 g/mol. The number of rotatable bonds is 6. The van der Waals surface area contributed by atoms with E-state index in [9.17, 15) is 4.79 Å². The van der Waals surface area contributed by atoms with Gasteiger partial charge in [0.15, 0.2) is 5.17 Å². The first kappa shape index (κ1) is 21.2. The molecule has 0 spiro atoms. The van der Waals surface area contributed by atoms with E-state index in [-0.39, 0.29) is 18.0 Å². The number of hydrogen-bond acceptors (Lipinski definition) is 4. The number of thioether (sulfide) groups is 1. The van der Waals surface area contributed by atoms with Gasteiger partial charge in [0.1, 0.15) is 12.4 Å². The van der Waals surface area contributed by atoms with Crippen LogP contribution in [-0.4, -0.2) is 28.1 Å². The lowest BCUT2D eigenvalue weighted by molar-refractivity contribution is -0.123. The summed E-state index contributed by atoms with van der Waals surface area (Å²) in [7, 11) is 0. The lowest BCUT2D eigenvalue weighted by atomic mass is 10.1. The van der Waals surface area contributed by atoms with Crippen LogP contribution in [0.2, 0.25) is 0 Å². The number of amides is 1. The van der Waals surface area contributed by atoms with E-state index in [1.807, 2.05) is 58.0 Å². The average Bonchev–Trinajstić information content (AvgIpc) is 2.97. The standard InChI is InChI=1S/C24H28N2O2S/c1-16(2)25-24-26(17(3)4)23(27)22(29-24)14-19-10-12-21(13-11-19)28-15-20-8-6-18(5)7-9-20/h6-14,16-17H,15H2,1-5H3/b22-14+,25-24?. The zero-order valence-electron chi connectivity index (χ0n) is 17.7. The van der Waals surface area contributed by atoms with E-state index in [4.69, 9.17) is 4.74 Å². The van der Waals surface area contributed by atoms with Crippen molar-refractivity contribution in [3.63, 3.8) is 0 Å². The first-order valence-corrected chi connectivity index (χ1v) is 10.7. The molecule has 1 aliphatic heterocycles. The molecule has 152 valence electrons. The van der Waals surface area contributed by atoms with Crippen LogP contribution in [0.4, 0.5) is 0 Å². The fourth-order valence-electron chi connectivity index (χ4n) is 2.92. The van der Waals surface area contributed by atoms with Crippen LogP contribution < -0.4 is 4.74 Å². The molecule has 0 aromatic heterocycles. The Morgan fingerprint density at radius 1 is 1.03 bits per heavy atom. The second-order valence-electron chi connectivity index (χ2n) is 7.73. The molecule has 5 heteroatoms. The second kappa shape index (κ2) is 9.31. The summed E-state index contributed by atoms with van der Waals surface area (Å²) in [4.78, 5) is 19.9. The van der Waals surface area contributed by atoms with Gasteiger partial charge in [0, 0.05) is 12.1 Å². The summed E-state index contributed by atoms with van der Waals surface area (Å²) >= 11 is 1.45. The number of nitrogens with zero attached hydrogens (tertiary/aromatic N) is 2. The number of benzene rings is 2. The Bertz CT molecular complexity index is 913. The van der Waals surface area contributed by atoms with Crippen molar-refractivity contribution in [2.45, 2.75) is 53.3 Å². The SMILES string of the molecule is Cc1ccc(COc2ccc(/C=C3/SC(=NC(C)C)N(C(C)C)C3=O)cc2)cc1. The number of amidine groups is 1. The van der Waals surface area contributed by atoms with Crippen LogP contribution >= 0.6 is 11.8 Å². The molecule has 0 atom stereocenters. The minimum Gasteiger partial charge on any atom is -0.489 e. The number of carbonyl (C=O) groups excluding carboxylic acids is 1. The second-order valence-corrected chi connectivity index (χ2v) is 8.74. The van der Waals surface area contributed by atoms with Crippen LogP contribution in [-0.2, 0) is 11.4 Å². The first-order chi connectivity index (χ1) is 13.8. The Balaban J connectivity index is 1.70. The largest absolute Gasteiger partial charge is 0.489 e. The van der Waals surface area contributed by atoms with Gasteiger partial charge >= 0.3 is 0 Å². The number of carbonyl (C=O) groups is 1. The van der Waals surface area contributed by atoms with E-state index >= 15 is 0 Å². The molecule has 1 fully saturated rings. The van der Waals surface area contributed by atoms with Gasteiger partial charge in [-0.05, 0) is 75.7 Å². The van der Waals surface area contributed by atoms with Gasteiger partial charge in [-0.3, -0.25) is 14.7 Å². The van der Waals surface area contributed by atoms with Crippen LogP contribution in [0, 0.1) is 6.92 Å². The Morgan fingerprint density at radius 3 is 2.28 bits per heavy atom. The highest BCUT2D eigenvalue weighted by atomic mass is 32.2. The van der Waals surface area contributed by atoms with Gasteiger partial charge in [0.25, 0.3) is 5.91 Å². The summed E-state index contributed by atoms with van der Waals surface area (Å²) in [6, 6.07) is 16.4. The molecule has 0 radical (unpaired) electrons. The normalized spacial score (nSPS) is 17.2. The van der Waals surface area contributed by atoms with Crippen molar-refractivity contribution >= 4 is 28.9 Å². The Hall–Kier alpha value is -2.53. The fourth-order valence-corrected chi connectivity index (χ4v) is 4.15. The lowest BCUT2D eigenvalue weighted by Crippen LogP contribution is -2.35. The fraction of sp³-hybridized carbons (Fsp3) is 0.333. The zero-order chi connectivity index (χ0) is 21.0. The molecule has 1 saturated heterocycles. The molecular formula is C24H28N2O2S. The molecule has 0 saturated carbocycles. The van der Waals surface area contributed by atoms with Gasteiger partial charge < -0.3 is 4.74 Å². The van der Waals surface area contributed by atoms with E-state index in [0.29, 0.717) is 11.5 Å². The van der Waals surface area contributed by atoms with E-state index in [1.54, 1.807) is 4.90 Å². The topological polar surface area (TPSA) is 41.9 Å². The maximum atomic E-state index is 12.8. The van der Waals surface area contributed by atoms with E-state index in [2.05, 4.69) is 36.2 Å². The Kier molecular flexibility index (Phi) is 6.80. The first-order valence-electron chi connectivity index (χ1n) is 9.93. The Labute approximate surface area is 177 Å². The minimum atomic E-state index is 0.0177. The summed E-state index contributed by atoms with van der Waals surface area (Å²) in [6.07, 6.45) is 1.93. The van der Waals surface area contributed by atoms with Gasteiger partial charge in [0.05, 0.1) is 4.91 Å². The molecule has 4 nitrogen and oxygen atoms in total. The van der Waals surface area contributed by atoms with Gasteiger partial charge in [-0.25, -0.2) is 0 Å². The molecule has 0 N–H and O–H groups in total. The van der Waals surface area contributed by atoms with Crippen molar-refractivity contribution in [2.24, 2.45) is 4.99 Å². The van der Waals surface area contributed by atoms with Crippen LogP contribution in [0.15, 0.2) is 58.4 Å².